The summed E-state index contributed by atoms with van der Waals surface area (Å²) in [5.74, 6) is 2.88. The van der Waals surface area contributed by atoms with Crippen LogP contribution in [0.15, 0.2) is 53.8 Å². The number of hydrogen-bond acceptors (Lipinski definition) is 7. The van der Waals surface area contributed by atoms with E-state index in [-0.39, 0.29) is 6.10 Å². The molecule has 3 aromatic rings. The van der Waals surface area contributed by atoms with Crippen LogP contribution in [-0.2, 0) is 16.3 Å². The van der Waals surface area contributed by atoms with Crippen LogP contribution in [0, 0.1) is 5.92 Å². The summed E-state index contributed by atoms with van der Waals surface area (Å²) in [5, 5.41) is 0. The molecule has 2 aromatic heterocycles. The molecule has 34 heavy (non-hydrogen) atoms. The van der Waals surface area contributed by atoms with Crippen LogP contribution in [0.5, 0.6) is 5.75 Å². The number of nitrogens with zero attached hydrogens (tertiary/aromatic N) is 4. The van der Waals surface area contributed by atoms with Crippen molar-refractivity contribution in [2.24, 2.45) is 5.92 Å². The Hall–Kier alpha value is -3.00. The molecule has 2 aliphatic heterocycles. The number of benzene rings is 1. The van der Waals surface area contributed by atoms with Crippen LogP contribution in [0.1, 0.15) is 42.7 Å². The van der Waals surface area contributed by atoms with Crippen molar-refractivity contribution in [2.75, 3.05) is 24.2 Å². The summed E-state index contributed by atoms with van der Waals surface area (Å²) in [6, 6.07) is 8.97. The standard InChI is InChI=1S/C26H28N4O3S/c1-34(31,32)22-6-4-18(5-7-22)23-12-20-13-24(33-25(20)16-27-23)19-8-10-30(11-9-19)26-28-14-21(15-29-26)17-2-3-17/h4-7,12,14-17,19,24H,2-3,8-11,13H2,1H3/t24-/m1/s1. The molecule has 3 aliphatic rings. The number of ether oxygens (including phenoxy) is 1. The van der Waals surface area contributed by atoms with Gasteiger partial charge in [-0.3, -0.25) is 4.98 Å². The molecule has 1 saturated heterocycles. The molecule has 7 nitrogen and oxygen atoms in total. The summed E-state index contributed by atoms with van der Waals surface area (Å²) >= 11 is 0. The van der Waals surface area contributed by atoms with Gasteiger partial charge < -0.3 is 9.64 Å². The third-order valence-electron chi connectivity index (χ3n) is 7.28. The second kappa shape index (κ2) is 8.34. The highest BCUT2D eigenvalue weighted by molar-refractivity contribution is 7.90. The van der Waals surface area contributed by atoms with E-state index in [1.54, 1.807) is 18.3 Å². The Morgan fingerprint density at radius 3 is 2.29 bits per heavy atom. The molecule has 8 heteroatoms. The van der Waals surface area contributed by atoms with E-state index < -0.39 is 9.84 Å². The second-order valence-corrected chi connectivity index (χ2v) is 11.8. The highest BCUT2D eigenvalue weighted by Crippen LogP contribution is 2.40. The van der Waals surface area contributed by atoms with E-state index in [0.29, 0.717) is 16.7 Å². The summed E-state index contributed by atoms with van der Waals surface area (Å²) in [7, 11) is -3.21. The minimum absolute atomic E-state index is 0.167. The van der Waals surface area contributed by atoms with Gasteiger partial charge in [0.2, 0.25) is 5.95 Å². The van der Waals surface area contributed by atoms with Gasteiger partial charge in [0, 0.05) is 49.3 Å². The number of sulfone groups is 1. The van der Waals surface area contributed by atoms with Gasteiger partial charge in [-0.15, -0.1) is 0 Å². The fourth-order valence-electron chi connectivity index (χ4n) is 5.06. The van der Waals surface area contributed by atoms with E-state index in [2.05, 4.69) is 25.9 Å². The lowest BCUT2D eigenvalue weighted by atomic mass is 9.89. The maximum atomic E-state index is 11.7. The molecule has 2 fully saturated rings. The fourth-order valence-corrected chi connectivity index (χ4v) is 5.69. The number of pyridine rings is 1. The first-order chi connectivity index (χ1) is 16.4. The van der Waals surface area contributed by atoms with Crippen LogP contribution >= 0.6 is 0 Å². The highest BCUT2D eigenvalue weighted by atomic mass is 32.2. The second-order valence-electron chi connectivity index (χ2n) is 9.75. The molecule has 0 unspecified atom stereocenters. The normalized spacial score (nSPS) is 20.7. The lowest BCUT2D eigenvalue weighted by molar-refractivity contribution is 0.138. The molecule has 0 radical (unpaired) electrons. The fraction of sp³-hybridized carbons (Fsp3) is 0.423. The minimum Gasteiger partial charge on any atom is -0.488 e. The average Bonchev–Trinajstić information content (AvgIpc) is 3.62. The van der Waals surface area contributed by atoms with Crippen LogP contribution in [0.4, 0.5) is 5.95 Å². The molecule has 0 spiro atoms. The number of aromatic nitrogens is 3. The van der Waals surface area contributed by atoms with E-state index in [4.69, 9.17) is 4.74 Å². The minimum atomic E-state index is -3.21. The third-order valence-corrected chi connectivity index (χ3v) is 8.41. The number of fused-ring (bicyclic) bond motifs is 1. The first kappa shape index (κ1) is 21.5. The number of anilines is 1. The lowest BCUT2D eigenvalue weighted by Crippen LogP contribution is -2.40. The van der Waals surface area contributed by atoms with Crippen molar-refractivity contribution in [2.45, 2.75) is 49.0 Å². The quantitative estimate of drug-likeness (QED) is 0.549. The number of hydrogen-bond donors (Lipinski definition) is 0. The molecule has 0 amide bonds. The van der Waals surface area contributed by atoms with Crippen molar-refractivity contribution >= 4 is 15.8 Å². The Morgan fingerprint density at radius 1 is 0.941 bits per heavy atom. The molecule has 176 valence electrons. The highest BCUT2D eigenvalue weighted by Gasteiger charge is 2.34. The van der Waals surface area contributed by atoms with Crippen molar-refractivity contribution in [1.29, 1.82) is 0 Å². The van der Waals surface area contributed by atoms with Gasteiger partial charge in [0.25, 0.3) is 0 Å². The topological polar surface area (TPSA) is 85.3 Å². The Morgan fingerprint density at radius 2 is 1.65 bits per heavy atom. The number of rotatable bonds is 5. The SMILES string of the molecule is CS(=O)(=O)c1ccc(-c2cc3c(cn2)O[C@@H](C2CCN(c4ncc(C5CC5)cn4)CC2)C3)cc1. The molecule has 0 N–H and O–H groups in total. The van der Waals surface area contributed by atoms with Gasteiger partial charge in [-0.05, 0) is 61.3 Å². The summed E-state index contributed by atoms with van der Waals surface area (Å²) in [5.41, 5.74) is 4.18. The van der Waals surface area contributed by atoms with Gasteiger partial charge in [0.05, 0.1) is 16.8 Å². The molecular weight excluding hydrogens is 448 g/mol. The lowest BCUT2D eigenvalue weighted by Gasteiger charge is -2.34. The molecule has 1 saturated carbocycles. The molecule has 1 aromatic carbocycles. The predicted molar refractivity (Wildman–Crippen MR) is 130 cm³/mol. The van der Waals surface area contributed by atoms with Crippen LogP contribution in [0.25, 0.3) is 11.3 Å². The summed E-state index contributed by atoms with van der Waals surface area (Å²) in [6.45, 7) is 1.89. The molecular formula is C26H28N4O3S. The zero-order valence-corrected chi connectivity index (χ0v) is 20.0. The summed E-state index contributed by atoms with van der Waals surface area (Å²) in [6.07, 6.45) is 12.7. The molecule has 0 bridgehead atoms. The first-order valence-electron chi connectivity index (χ1n) is 12.0. The van der Waals surface area contributed by atoms with E-state index >= 15 is 0 Å². The summed E-state index contributed by atoms with van der Waals surface area (Å²) < 4.78 is 29.7. The van der Waals surface area contributed by atoms with Crippen LogP contribution in [0.2, 0.25) is 0 Å². The maximum Gasteiger partial charge on any atom is 0.225 e. The van der Waals surface area contributed by atoms with Gasteiger partial charge in [0.1, 0.15) is 11.9 Å². The van der Waals surface area contributed by atoms with E-state index in [1.165, 1.54) is 30.2 Å². The van der Waals surface area contributed by atoms with Gasteiger partial charge >= 0.3 is 0 Å². The van der Waals surface area contributed by atoms with E-state index in [1.807, 2.05) is 24.5 Å². The first-order valence-corrected chi connectivity index (χ1v) is 13.9. The zero-order valence-electron chi connectivity index (χ0n) is 19.2. The monoisotopic (exact) mass is 476 g/mol. The molecule has 1 aliphatic carbocycles. The smallest absolute Gasteiger partial charge is 0.225 e. The van der Waals surface area contributed by atoms with Gasteiger partial charge in [-0.1, -0.05) is 12.1 Å². The molecule has 1 atom stereocenters. The third kappa shape index (κ3) is 4.27. The number of piperidine rings is 1. The molecule has 6 rings (SSSR count). The van der Waals surface area contributed by atoms with Crippen LogP contribution < -0.4 is 9.64 Å². The van der Waals surface area contributed by atoms with Crippen LogP contribution in [-0.4, -0.2) is 48.8 Å². The Labute approximate surface area is 200 Å². The van der Waals surface area contributed by atoms with Crippen molar-refractivity contribution in [3.05, 3.63) is 60.0 Å². The van der Waals surface area contributed by atoms with E-state index in [0.717, 1.165) is 55.3 Å². The zero-order chi connectivity index (χ0) is 23.3. The van der Waals surface area contributed by atoms with Gasteiger partial charge in [0.15, 0.2) is 9.84 Å². The Balaban J connectivity index is 1.09. The Bertz CT molecular complexity index is 1300. The van der Waals surface area contributed by atoms with Crippen molar-refractivity contribution < 1.29 is 13.2 Å². The van der Waals surface area contributed by atoms with Crippen molar-refractivity contribution in [1.82, 2.24) is 15.0 Å². The average molecular weight is 477 g/mol. The molecule has 4 heterocycles. The summed E-state index contributed by atoms with van der Waals surface area (Å²) in [4.78, 5) is 16.4. The van der Waals surface area contributed by atoms with Crippen molar-refractivity contribution in [3.63, 3.8) is 0 Å². The van der Waals surface area contributed by atoms with Crippen LogP contribution in [0.3, 0.4) is 0 Å². The Kier molecular flexibility index (Phi) is 5.28. The van der Waals surface area contributed by atoms with Gasteiger partial charge in [-0.25, -0.2) is 18.4 Å². The maximum absolute atomic E-state index is 11.7. The van der Waals surface area contributed by atoms with Gasteiger partial charge in [-0.2, -0.15) is 0 Å². The van der Waals surface area contributed by atoms with E-state index in [9.17, 15) is 8.42 Å². The predicted octanol–water partition coefficient (Wildman–Crippen LogP) is 4.04. The largest absolute Gasteiger partial charge is 0.488 e. The van der Waals surface area contributed by atoms with Crippen molar-refractivity contribution in [3.8, 4) is 17.0 Å².